The van der Waals surface area contributed by atoms with Crippen molar-refractivity contribution in [1.82, 2.24) is 0 Å². The van der Waals surface area contributed by atoms with Crippen molar-refractivity contribution in [3.05, 3.63) is 58.6 Å². The Bertz CT molecular complexity index is 596. The van der Waals surface area contributed by atoms with Crippen LogP contribution < -0.4 is 10.5 Å². The minimum Gasteiger partial charge on any atom is -0.495 e. The van der Waals surface area contributed by atoms with Crippen LogP contribution in [0.1, 0.15) is 15.9 Å². The number of ketones is 1. The van der Waals surface area contributed by atoms with Crippen LogP contribution in [0.5, 0.6) is 5.75 Å². The first kappa shape index (κ1) is 12.5. The molecule has 2 rings (SSSR count). The molecule has 3 nitrogen and oxygen atoms in total. The number of benzene rings is 2. The molecule has 18 heavy (non-hydrogen) atoms. The number of carbonyl (C=O) groups is 1. The topological polar surface area (TPSA) is 52.3 Å². The molecule has 0 unspecified atom stereocenters. The Morgan fingerprint density at radius 3 is 2.61 bits per heavy atom. The predicted molar refractivity (Wildman–Crippen MR) is 72.3 cm³/mol. The molecular formula is C14H12ClNO2. The van der Waals surface area contributed by atoms with Gasteiger partial charge in [-0.15, -0.1) is 0 Å². The fourth-order valence-electron chi connectivity index (χ4n) is 1.66. The van der Waals surface area contributed by atoms with Crippen molar-refractivity contribution < 1.29 is 9.53 Å². The number of anilines is 1. The van der Waals surface area contributed by atoms with Crippen LogP contribution in [0.15, 0.2) is 42.5 Å². The molecule has 0 saturated heterocycles. The highest BCUT2D eigenvalue weighted by atomic mass is 35.5. The average molecular weight is 262 g/mol. The zero-order chi connectivity index (χ0) is 13.1. The van der Waals surface area contributed by atoms with Crippen LogP contribution in [0.25, 0.3) is 0 Å². The van der Waals surface area contributed by atoms with Crippen molar-refractivity contribution in [3.8, 4) is 5.75 Å². The van der Waals surface area contributed by atoms with Crippen LogP contribution in [-0.4, -0.2) is 12.9 Å². The predicted octanol–water partition coefficient (Wildman–Crippen LogP) is 3.16. The summed E-state index contributed by atoms with van der Waals surface area (Å²) in [6, 6.07) is 11.8. The molecule has 0 atom stereocenters. The van der Waals surface area contributed by atoms with Crippen LogP contribution in [0.4, 0.5) is 5.69 Å². The Morgan fingerprint density at radius 2 is 1.94 bits per heavy atom. The highest BCUT2D eigenvalue weighted by Crippen LogP contribution is 2.27. The number of nitrogens with two attached hydrogens (primary N) is 1. The van der Waals surface area contributed by atoms with Crippen LogP contribution in [-0.2, 0) is 0 Å². The van der Waals surface area contributed by atoms with E-state index >= 15 is 0 Å². The standard InChI is InChI=1S/C14H12ClNO2/c1-18-13-8-9(6-7-11(13)15)14(17)10-4-2-3-5-12(10)16/h2-8H,16H2,1H3. The third-order valence-corrected chi connectivity index (χ3v) is 2.93. The monoisotopic (exact) mass is 261 g/mol. The second-order valence-corrected chi connectivity index (χ2v) is 4.17. The van der Waals surface area contributed by atoms with Crippen molar-refractivity contribution in [2.75, 3.05) is 12.8 Å². The Balaban J connectivity index is 2.44. The highest BCUT2D eigenvalue weighted by Gasteiger charge is 2.13. The third-order valence-electron chi connectivity index (χ3n) is 2.62. The van der Waals surface area contributed by atoms with Gasteiger partial charge in [-0.3, -0.25) is 4.79 Å². The van der Waals surface area contributed by atoms with Crippen molar-refractivity contribution >= 4 is 23.1 Å². The molecule has 0 aliphatic carbocycles. The number of methoxy groups -OCH3 is 1. The molecule has 0 bridgehead atoms. The SMILES string of the molecule is COc1cc(C(=O)c2ccccc2N)ccc1Cl. The first-order valence-electron chi connectivity index (χ1n) is 5.36. The van der Waals surface area contributed by atoms with E-state index in [0.717, 1.165) is 0 Å². The second-order valence-electron chi connectivity index (χ2n) is 3.77. The van der Waals surface area contributed by atoms with Gasteiger partial charge in [-0.2, -0.15) is 0 Å². The molecule has 0 fully saturated rings. The minimum atomic E-state index is -0.150. The Labute approximate surface area is 110 Å². The van der Waals surface area contributed by atoms with Crippen molar-refractivity contribution in [2.45, 2.75) is 0 Å². The number of carbonyl (C=O) groups excluding carboxylic acids is 1. The molecule has 0 saturated carbocycles. The molecule has 0 heterocycles. The largest absolute Gasteiger partial charge is 0.495 e. The summed E-state index contributed by atoms with van der Waals surface area (Å²) in [4.78, 5) is 12.3. The van der Waals surface area contributed by atoms with E-state index in [9.17, 15) is 4.79 Å². The Hall–Kier alpha value is -2.00. The number of nitrogen functional groups attached to an aromatic ring is 1. The summed E-state index contributed by atoms with van der Waals surface area (Å²) < 4.78 is 5.09. The van der Waals surface area contributed by atoms with E-state index in [0.29, 0.717) is 27.6 Å². The van der Waals surface area contributed by atoms with Gasteiger partial charge in [0.15, 0.2) is 5.78 Å². The van der Waals surface area contributed by atoms with E-state index in [1.54, 1.807) is 42.5 Å². The zero-order valence-electron chi connectivity index (χ0n) is 9.81. The lowest BCUT2D eigenvalue weighted by Gasteiger charge is -2.07. The summed E-state index contributed by atoms with van der Waals surface area (Å²) in [6.45, 7) is 0. The number of ether oxygens (including phenoxy) is 1. The molecule has 92 valence electrons. The second kappa shape index (κ2) is 5.10. The summed E-state index contributed by atoms with van der Waals surface area (Å²) in [6.07, 6.45) is 0. The molecular weight excluding hydrogens is 250 g/mol. The first-order chi connectivity index (χ1) is 8.63. The molecule has 4 heteroatoms. The van der Waals surface area contributed by atoms with Gasteiger partial charge in [-0.25, -0.2) is 0 Å². The lowest BCUT2D eigenvalue weighted by Crippen LogP contribution is -2.05. The minimum absolute atomic E-state index is 0.150. The van der Waals surface area contributed by atoms with Gasteiger partial charge in [-0.1, -0.05) is 23.7 Å². The summed E-state index contributed by atoms with van der Waals surface area (Å²) in [5, 5.41) is 0.468. The number of para-hydroxylation sites is 1. The highest BCUT2D eigenvalue weighted by molar-refractivity contribution is 6.32. The molecule has 0 aliphatic rings. The van der Waals surface area contributed by atoms with Crippen molar-refractivity contribution in [3.63, 3.8) is 0 Å². The van der Waals surface area contributed by atoms with E-state index in [-0.39, 0.29) is 5.78 Å². The molecule has 2 aromatic rings. The fraction of sp³-hybridized carbons (Fsp3) is 0.0714. The summed E-state index contributed by atoms with van der Waals surface area (Å²) in [5.74, 6) is 0.320. The summed E-state index contributed by atoms with van der Waals surface area (Å²) >= 11 is 5.92. The fourth-order valence-corrected chi connectivity index (χ4v) is 1.86. The molecule has 2 aromatic carbocycles. The molecule has 0 aromatic heterocycles. The van der Waals surface area contributed by atoms with Crippen LogP contribution in [0.2, 0.25) is 5.02 Å². The maximum absolute atomic E-state index is 12.3. The van der Waals surface area contributed by atoms with E-state index in [1.807, 2.05) is 0 Å². The maximum Gasteiger partial charge on any atom is 0.195 e. The van der Waals surface area contributed by atoms with Crippen molar-refractivity contribution in [2.24, 2.45) is 0 Å². The molecule has 0 radical (unpaired) electrons. The van der Waals surface area contributed by atoms with Gasteiger partial charge < -0.3 is 10.5 Å². The number of halogens is 1. The van der Waals surface area contributed by atoms with Gasteiger partial charge in [0.25, 0.3) is 0 Å². The van der Waals surface area contributed by atoms with Crippen LogP contribution >= 0.6 is 11.6 Å². The van der Waals surface area contributed by atoms with Gasteiger partial charge in [-0.05, 0) is 30.3 Å². The third kappa shape index (κ3) is 2.31. The van der Waals surface area contributed by atoms with Crippen LogP contribution in [0, 0.1) is 0 Å². The lowest BCUT2D eigenvalue weighted by atomic mass is 10.0. The smallest absolute Gasteiger partial charge is 0.195 e. The first-order valence-corrected chi connectivity index (χ1v) is 5.74. The van der Waals surface area contributed by atoms with Crippen molar-refractivity contribution in [1.29, 1.82) is 0 Å². The molecule has 2 N–H and O–H groups in total. The quantitative estimate of drug-likeness (QED) is 0.682. The number of hydrogen-bond acceptors (Lipinski definition) is 3. The van der Waals surface area contributed by atoms with E-state index < -0.39 is 0 Å². The molecule has 0 aliphatic heterocycles. The summed E-state index contributed by atoms with van der Waals surface area (Å²) in [5.41, 5.74) is 7.20. The van der Waals surface area contributed by atoms with Gasteiger partial charge >= 0.3 is 0 Å². The maximum atomic E-state index is 12.3. The van der Waals surface area contributed by atoms with Gasteiger partial charge in [0.2, 0.25) is 0 Å². The molecule has 0 spiro atoms. The van der Waals surface area contributed by atoms with Crippen LogP contribution in [0.3, 0.4) is 0 Å². The zero-order valence-corrected chi connectivity index (χ0v) is 10.6. The normalized spacial score (nSPS) is 10.1. The van der Waals surface area contributed by atoms with E-state index in [4.69, 9.17) is 22.1 Å². The lowest BCUT2D eigenvalue weighted by molar-refractivity contribution is 0.103. The van der Waals surface area contributed by atoms with Gasteiger partial charge in [0.05, 0.1) is 12.1 Å². The Morgan fingerprint density at radius 1 is 1.22 bits per heavy atom. The van der Waals surface area contributed by atoms with E-state index in [2.05, 4.69) is 0 Å². The van der Waals surface area contributed by atoms with Gasteiger partial charge in [0, 0.05) is 16.8 Å². The number of rotatable bonds is 3. The number of hydrogen-bond donors (Lipinski definition) is 1. The molecule has 0 amide bonds. The Kier molecular flexibility index (Phi) is 3.53. The van der Waals surface area contributed by atoms with Gasteiger partial charge in [0.1, 0.15) is 5.75 Å². The van der Waals surface area contributed by atoms with E-state index in [1.165, 1.54) is 7.11 Å². The average Bonchev–Trinajstić information content (AvgIpc) is 2.39. The summed E-state index contributed by atoms with van der Waals surface area (Å²) in [7, 11) is 1.51.